The molecule has 19 heavy (non-hydrogen) atoms. The molecule has 2 N–H and O–H groups in total. The Morgan fingerprint density at radius 1 is 1.47 bits per heavy atom. The summed E-state index contributed by atoms with van der Waals surface area (Å²) in [5.41, 5.74) is 1.55. The predicted octanol–water partition coefficient (Wildman–Crippen LogP) is 2.74. The van der Waals surface area contributed by atoms with Gasteiger partial charge in [-0.05, 0) is 45.2 Å². The van der Waals surface area contributed by atoms with Crippen LogP contribution in [0, 0.1) is 12.8 Å². The van der Waals surface area contributed by atoms with E-state index >= 15 is 0 Å². The van der Waals surface area contributed by atoms with Gasteiger partial charge in [-0.15, -0.1) is 0 Å². The average Bonchev–Trinajstić information content (AvgIpc) is 3.12. The molecule has 1 heterocycles. The molecule has 104 valence electrons. The van der Waals surface area contributed by atoms with Crippen LogP contribution in [0.5, 0.6) is 0 Å². The van der Waals surface area contributed by atoms with Crippen LogP contribution in [-0.2, 0) is 0 Å². The molecule has 1 fully saturated rings. The summed E-state index contributed by atoms with van der Waals surface area (Å²) >= 11 is 0. The van der Waals surface area contributed by atoms with Crippen LogP contribution in [-0.4, -0.2) is 23.5 Å². The highest BCUT2D eigenvalue weighted by atomic mass is 16.1. The van der Waals surface area contributed by atoms with Gasteiger partial charge in [0.05, 0.1) is 0 Å². The van der Waals surface area contributed by atoms with E-state index in [1.807, 2.05) is 26.0 Å². The molecule has 0 aromatic carbocycles. The van der Waals surface area contributed by atoms with E-state index in [0.29, 0.717) is 5.56 Å². The van der Waals surface area contributed by atoms with Crippen LogP contribution < -0.4 is 10.6 Å². The lowest BCUT2D eigenvalue weighted by molar-refractivity contribution is 0.0937. The zero-order valence-corrected chi connectivity index (χ0v) is 12.0. The fraction of sp³-hybridized carbons (Fsp3) is 0.600. The van der Waals surface area contributed by atoms with Crippen LogP contribution in [0.4, 0.5) is 5.82 Å². The fourth-order valence-electron chi connectivity index (χ4n) is 2.29. The van der Waals surface area contributed by atoms with Crippen molar-refractivity contribution < 1.29 is 4.79 Å². The third-order valence-electron chi connectivity index (χ3n) is 3.33. The maximum atomic E-state index is 12.2. The molecule has 4 nitrogen and oxygen atoms in total. The smallest absolute Gasteiger partial charge is 0.251 e. The van der Waals surface area contributed by atoms with Gasteiger partial charge in [0.25, 0.3) is 5.91 Å². The van der Waals surface area contributed by atoms with Crippen molar-refractivity contribution in [2.75, 3.05) is 11.9 Å². The number of amides is 1. The highest BCUT2D eigenvalue weighted by Gasteiger charge is 2.24. The Labute approximate surface area is 115 Å². The van der Waals surface area contributed by atoms with Gasteiger partial charge in [-0.3, -0.25) is 4.79 Å². The normalized spacial score (nSPS) is 15.9. The van der Waals surface area contributed by atoms with Gasteiger partial charge >= 0.3 is 0 Å². The van der Waals surface area contributed by atoms with Gasteiger partial charge in [-0.25, -0.2) is 4.98 Å². The number of aromatic nitrogens is 1. The molecule has 2 rings (SSSR count). The van der Waals surface area contributed by atoms with Crippen molar-refractivity contribution >= 4 is 11.7 Å². The number of nitrogens with one attached hydrogen (secondary N) is 2. The molecule has 1 saturated carbocycles. The topological polar surface area (TPSA) is 54.0 Å². The van der Waals surface area contributed by atoms with Crippen molar-refractivity contribution in [3.8, 4) is 0 Å². The van der Waals surface area contributed by atoms with Crippen LogP contribution in [0.15, 0.2) is 12.1 Å². The van der Waals surface area contributed by atoms with Crippen molar-refractivity contribution in [2.24, 2.45) is 5.92 Å². The molecule has 0 radical (unpaired) electrons. The van der Waals surface area contributed by atoms with Crippen LogP contribution in [0.25, 0.3) is 0 Å². The number of anilines is 1. The summed E-state index contributed by atoms with van der Waals surface area (Å²) in [6.45, 7) is 6.80. The number of hydrogen-bond acceptors (Lipinski definition) is 3. The zero-order chi connectivity index (χ0) is 13.8. The van der Waals surface area contributed by atoms with Crippen molar-refractivity contribution in [2.45, 2.75) is 46.1 Å². The Bertz CT molecular complexity index is 455. The van der Waals surface area contributed by atoms with Crippen molar-refractivity contribution in [3.05, 3.63) is 23.4 Å². The number of carbonyl (C=O) groups is 1. The van der Waals surface area contributed by atoms with Gasteiger partial charge in [0, 0.05) is 23.8 Å². The Hall–Kier alpha value is -1.58. The number of hydrogen-bond donors (Lipinski definition) is 2. The Morgan fingerprint density at radius 2 is 2.21 bits per heavy atom. The SMILES string of the molecule is CCNc1cc(C(=O)NC(C)CC2CC2)cc(C)n1. The standard InChI is InChI=1S/C15H23N3O/c1-4-16-14-9-13(8-11(3)17-14)15(19)18-10(2)7-12-5-6-12/h8-10,12H,4-7H2,1-3H3,(H,16,17)(H,18,19). The molecule has 1 amide bonds. The van der Waals surface area contributed by atoms with Crippen LogP contribution in [0.3, 0.4) is 0 Å². The molecule has 1 aromatic heterocycles. The highest BCUT2D eigenvalue weighted by Crippen LogP contribution is 2.33. The molecule has 1 aliphatic rings. The predicted molar refractivity (Wildman–Crippen MR) is 77.4 cm³/mol. The summed E-state index contributed by atoms with van der Waals surface area (Å²) in [6.07, 6.45) is 3.73. The summed E-state index contributed by atoms with van der Waals surface area (Å²) in [6, 6.07) is 3.89. The van der Waals surface area contributed by atoms with Crippen LogP contribution in [0.2, 0.25) is 0 Å². The summed E-state index contributed by atoms with van der Waals surface area (Å²) < 4.78 is 0. The van der Waals surface area contributed by atoms with Gasteiger partial charge in [0.15, 0.2) is 0 Å². The first-order valence-corrected chi connectivity index (χ1v) is 7.12. The van der Waals surface area contributed by atoms with Gasteiger partial charge in [0.1, 0.15) is 5.82 Å². The van der Waals surface area contributed by atoms with Gasteiger partial charge in [-0.2, -0.15) is 0 Å². The molecule has 0 saturated heterocycles. The zero-order valence-electron chi connectivity index (χ0n) is 12.0. The van der Waals surface area contributed by atoms with Crippen molar-refractivity contribution in [3.63, 3.8) is 0 Å². The summed E-state index contributed by atoms with van der Waals surface area (Å²) in [4.78, 5) is 16.6. The van der Waals surface area contributed by atoms with Gasteiger partial charge in [0.2, 0.25) is 0 Å². The minimum atomic E-state index is -0.00203. The Morgan fingerprint density at radius 3 is 2.84 bits per heavy atom. The monoisotopic (exact) mass is 261 g/mol. The molecular formula is C15H23N3O. The molecule has 1 unspecified atom stereocenters. The van der Waals surface area contributed by atoms with Crippen molar-refractivity contribution in [1.82, 2.24) is 10.3 Å². The minimum absolute atomic E-state index is 0.00203. The first kappa shape index (κ1) is 13.8. The lowest BCUT2D eigenvalue weighted by Crippen LogP contribution is -2.33. The molecule has 4 heteroatoms. The first-order valence-electron chi connectivity index (χ1n) is 7.12. The summed E-state index contributed by atoms with van der Waals surface area (Å²) in [7, 11) is 0. The molecule has 1 aliphatic carbocycles. The lowest BCUT2D eigenvalue weighted by atomic mass is 10.1. The third-order valence-corrected chi connectivity index (χ3v) is 3.33. The summed E-state index contributed by atoms with van der Waals surface area (Å²) in [5.74, 6) is 1.59. The number of carbonyl (C=O) groups excluding carboxylic acids is 1. The van der Waals surface area contributed by atoms with E-state index in [2.05, 4.69) is 22.5 Å². The number of pyridine rings is 1. The lowest BCUT2D eigenvalue weighted by Gasteiger charge is -2.14. The van der Waals surface area contributed by atoms with E-state index < -0.39 is 0 Å². The molecule has 0 spiro atoms. The highest BCUT2D eigenvalue weighted by molar-refractivity contribution is 5.95. The maximum Gasteiger partial charge on any atom is 0.251 e. The average molecular weight is 261 g/mol. The van der Waals surface area contributed by atoms with Crippen LogP contribution in [0.1, 0.15) is 49.2 Å². The van der Waals surface area contributed by atoms with E-state index in [1.54, 1.807) is 0 Å². The van der Waals surface area contributed by atoms with Crippen LogP contribution >= 0.6 is 0 Å². The molecule has 0 aliphatic heterocycles. The van der Waals surface area contributed by atoms with E-state index in [9.17, 15) is 4.79 Å². The van der Waals surface area contributed by atoms with E-state index in [0.717, 1.165) is 30.4 Å². The van der Waals surface area contributed by atoms with Crippen molar-refractivity contribution in [1.29, 1.82) is 0 Å². The second-order valence-corrected chi connectivity index (χ2v) is 5.47. The Kier molecular flexibility index (Phi) is 4.40. The van der Waals surface area contributed by atoms with Gasteiger partial charge < -0.3 is 10.6 Å². The number of rotatable bonds is 6. The third kappa shape index (κ3) is 4.23. The fourth-order valence-corrected chi connectivity index (χ4v) is 2.29. The largest absolute Gasteiger partial charge is 0.370 e. The molecule has 1 atom stereocenters. The molecule has 0 bridgehead atoms. The number of nitrogens with zero attached hydrogens (tertiary/aromatic N) is 1. The maximum absolute atomic E-state index is 12.2. The number of aryl methyl sites for hydroxylation is 1. The molecular weight excluding hydrogens is 238 g/mol. The van der Waals surface area contributed by atoms with E-state index in [4.69, 9.17) is 0 Å². The second kappa shape index (κ2) is 6.04. The van der Waals surface area contributed by atoms with E-state index in [-0.39, 0.29) is 11.9 Å². The Balaban J connectivity index is 2.00. The summed E-state index contributed by atoms with van der Waals surface area (Å²) in [5, 5.41) is 6.22. The van der Waals surface area contributed by atoms with Gasteiger partial charge in [-0.1, -0.05) is 12.8 Å². The minimum Gasteiger partial charge on any atom is -0.370 e. The first-order chi connectivity index (χ1) is 9.08. The second-order valence-electron chi connectivity index (χ2n) is 5.47. The quantitative estimate of drug-likeness (QED) is 0.828. The molecule has 1 aromatic rings. The van der Waals surface area contributed by atoms with E-state index in [1.165, 1.54) is 12.8 Å².